The molecule has 0 aliphatic rings. The maximum Gasteiger partial charge on any atom is 0.305 e. The van der Waals surface area contributed by atoms with Crippen molar-refractivity contribution >= 4 is 16.9 Å². The van der Waals surface area contributed by atoms with Gasteiger partial charge in [0.05, 0.1) is 12.6 Å². The highest BCUT2D eigenvalue weighted by Crippen LogP contribution is 2.14. The first-order chi connectivity index (χ1) is 9.69. The second kappa shape index (κ2) is 7.01. The summed E-state index contributed by atoms with van der Waals surface area (Å²) >= 11 is 0. The zero-order valence-corrected chi connectivity index (χ0v) is 12.0. The van der Waals surface area contributed by atoms with Gasteiger partial charge in [-0.05, 0) is 43.8 Å². The molecule has 0 N–H and O–H groups in total. The number of fused-ring (bicyclic) bond motifs is 1. The zero-order chi connectivity index (χ0) is 14.4. The summed E-state index contributed by atoms with van der Waals surface area (Å²) in [4.78, 5) is 17.6. The number of ether oxygens (including phenoxy) is 1. The summed E-state index contributed by atoms with van der Waals surface area (Å²) in [5, 5.41) is 1.16. The summed E-state index contributed by atoms with van der Waals surface area (Å²) in [5.74, 6) is -0.143. The molecule has 0 atom stereocenters. The Bertz CT molecular complexity index is 583. The summed E-state index contributed by atoms with van der Waals surface area (Å²) in [5.41, 5.74) is 2.27. The van der Waals surface area contributed by atoms with Crippen LogP contribution in [-0.4, -0.2) is 36.6 Å². The lowest BCUT2D eigenvalue weighted by molar-refractivity contribution is -0.140. The molecular formula is C16H20N2O2. The van der Waals surface area contributed by atoms with Crippen molar-refractivity contribution in [3.05, 3.63) is 42.1 Å². The monoisotopic (exact) mass is 272 g/mol. The van der Waals surface area contributed by atoms with Gasteiger partial charge in [0.1, 0.15) is 0 Å². The molecule has 0 fully saturated rings. The Labute approximate surface area is 119 Å². The Hall–Kier alpha value is -1.94. The molecule has 0 saturated carbocycles. The first kappa shape index (κ1) is 14.5. The second-order valence-corrected chi connectivity index (χ2v) is 4.95. The maximum absolute atomic E-state index is 11.1. The molecular weight excluding hydrogens is 252 g/mol. The van der Waals surface area contributed by atoms with Crippen molar-refractivity contribution < 1.29 is 9.53 Å². The van der Waals surface area contributed by atoms with E-state index in [2.05, 4.69) is 39.9 Å². The summed E-state index contributed by atoms with van der Waals surface area (Å²) in [6.45, 7) is 1.74. The number of carbonyl (C=O) groups is 1. The summed E-state index contributed by atoms with van der Waals surface area (Å²) < 4.78 is 4.63. The lowest BCUT2D eigenvalue weighted by atomic mass is 10.1. The van der Waals surface area contributed by atoms with Crippen LogP contribution in [0.15, 0.2) is 36.5 Å². The van der Waals surface area contributed by atoms with Gasteiger partial charge in [-0.15, -0.1) is 0 Å². The minimum atomic E-state index is -0.143. The van der Waals surface area contributed by atoms with Crippen molar-refractivity contribution in [1.29, 1.82) is 0 Å². The molecule has 1 aromatic carbocycles. The molecule has 0 unspecified atom stereocenters. The standard InChI is InChI=1S/C16H20N2O2/c1-18(10-4-6-16(19)20-2)12-13-7-8-15-14(11-13)5-3-9-17-15/h3,5,7-9,11H,4,6,10,12H2,1-2H3. The van der Waals surface area contributed by atoms with E-state index >= 15 is 0 Å². The number of carbonyl (C=O) groups excluding carboxylic acids is 1. The van der Waals surface area contributed by atoms with Gasteiger partial charge in [0, 0.05) is 24.5 Å². The van der Waals surface area contributed by atoms with Crippen LogP contribution in [0.2, 0.25) is 0 Å². The number of hydrogen-bond acceptors (Lipinski definition) is 4. The SMILES string of the molecule is COC(=O)CCCN(C)Cc1ccc2ncccc2c1. The number of nitrogens with zero attached hydrogens (tertiary/aromatic N) is 2. The summed E-state index contributed by atoms with van der Waals surface area (Å²) in [6.07, 6.45) is 3.10. The van der Waals surface area contributed by atoms with E-state index in [0.717, 1.165) is 30.4 Å². The number of benzene rings is 1. The molecule has 4 heteroatoms. The van der Waals surface area contributed by atoms with Crippen LogP contribution in [0.5, 0.6) is 0 Å². The van der Waals surface area contributed by atoms with E-state index in [1.165, 1.54) is 12.7 Å². The Morgan fingerprint density at radius 3 is 3.00 bits per heavy atom. The molecule has 20 heavy (non-hydrogen) atoms. The van der Waals surface area contributed by atoms with Gasteiger partial charge in [0.25, 0.3) is 0 Å². The Morgan fingerprint density at radius 1 is 1.35 bits per heavy atom. The Balaban J connectivity index is 1.89. The smallest absolute Gasteiger partial charge is 0.305 e. The van der Waals surface area contributed by atoms with Gasteiger partial charge >= 0.3 is 5.97 Å². The van der Waals surface area contributed by atoms with Crippen LogP contribution in [0.25, 0.3) is 10.9 Å². The minimum absolute atomic E-state index is 0.143. The topological polar surface area (TPSA) is 42.4 Å². The fraction of sp³-hybridized carbons (Fsp3) is 0.375. The lowest BCUT2D eigenvalue weighted by Gasteiger charge is -2.16. The highest BCUT2D eigenvalue weighted by atomic mass is 16.5. The molecule has 2 rings (SSSR count). The highest BCUT2D eigenvalue weighted by Gasteiger charge is 2.04. The number of rotatable bonds is 6. The first-order valence-electron chi connectivity index (χ1n) is 6.78. The van der Waals surface area contributed by atoms with E-state index in [1.54, 1.807) is 6.20 Å². The van der Waals surface area contributed by atoms with E-state index in [0.29, 0.717) is 6.42 Å². The van der Waals surface area contributed by atoms with Crippen molar-refractivity contribution in [3.8, 4) is 0 Å². The quantitative estimate of drug-likeness (QED) is 0.758. The number of methoxy groups -OCH3 is 1. The molecule has 0 amide bonds. The molecule has 0 aliphatic carbocycles. The molecule has 0 radical (unpaired) electrons. The lowest BCUT2D eigenvalue weighted by Crippen LogP contribution is -2.20. The molecule has 0 aliphatic heterocycles. The summed E-state index contributed by atoms with van der Waals surface area (Å²) in [7, 11) is 3.49. The van der Waals surface area contributed by atoms with Crippen LogP contribution in [-0.2, 0) is 16.1 Å². The average molecular weight is 272 g/mol. The highest BCUT2D eigenvalue weighted by molar-refractivity contribution is 5.78. The van der Waals surface area contributed by atoms with Crippen LogP contribution in [0.1, 0.15) is 18.4 Å². The Morgan fingerprint density at radius 2 is 2.20 bits per heavy atom. The summed E-state index contributed by atoms with van der Waals surface area (Å²) in [6, 6.07) is 10.3. The molecule has 0 spiro atoms. The van der Waals surface area contributed by atoms with Gasteiger partial charge in [0.2, 0.25) is 0 Å². The third kappa shape index (κ3) is 4.03. The van der Waals surface area contributed by atoms with E-state index in [1.807, 2.05) is 12.1 Å². The molecule has 0 bridgehead atoms. The van der Waals surface area contributed by atoms with Crippen molar-refractivity contribution in [3.63, 3.8) is 0 Å². The maximum atomic E-state index is 11.1. The van der Waals surface area contributed by atoms with Gasteiger partial charge in [-0.1, -0.05) is 12.1 Å². The Kier molecular flexibility index (Phi) is 5.07. The molecule has 4 nitrogen and oxygen atoms in total. The van der Waals surface area contributed by atoms with E-state index in [4.69, 9.17) is 0 Å². The minimum Gasteiger partial charge on any atom is -0.469 e. The van der Waals surface area contributed by atoms with Crippen LogP contribution in [0, 0.1) is 0 Å². The van der Waals surface area contributed by atoms with Crippen molar-refractivity contribution in [2.24, 2.45) is 0 Å². The molecule has 1 aromatic heterocycles. The fourth-order valence-corrected chi connectivity index (χ4v) is 2.21. The van der Waals surface area contributed by atoms with Gasteiger partial charge in [0.15, 0.2) is 0 Å². The van der Waals surface area contributed by atoms with Crippen LogP contribution in [0.4, 0.5) is 0 Å². The number of pyridine rings is 1. The molecule has 1 heterocycles. The van der Waals surface area contributed by atoms with E-state index < -0.39 is 0 Å². The van der Waals surface area contributed by atoms with Crippen LogP contribution < -0.4 is 0 Å². The molecule has 2 aromatic rings. The number of hydrogen-bond donors (Lipinski definition) is 0. The normalized spacial score (nSPS) is 10.9. The van der Waals surface area contributed by atoms with Gasteiger partial charge in [-0.2, -0.15) is 0 Å². The van der Waals surface area contributed by atoms with Gasteiger partial charge in [-0.3, -0.25) is 9.78 Å². The van der Waals surface area contributed by atoms with Crippen LogP contribution >= 0.6 is 0 Å². The van der Waals surface area contributed by atoms with Gasteiger partial charge < -0.3 is 9.64 Å². The van der Waals surface area contributed by atoms with Crippen molar-refractivity contribution in [2.45, 2.75) is 19.4 Å². The van der Waals surface area contributed by atoms with Gasteiger partial charge in [-0.25, -0.2) is 0 Å². The third-order valence-corrected chi connectivity index (χ3v) is 3.27. The van der Waals surface area contributed by atoms with E-state index in [-0.39, 0.29) is 5.97 Å². The molecule has 0 saturated heterocycles. The first-order valence-corrected chi connectivity index (χ1v) is 6.78. The number of esters is 1. The fourth-order valence-electron chi connectivity index (χ4n) is 2.21. The average Bonchev–Trinajstić information content (AvgIpc) is 2.47. The number of aromatic nitrogens is 1. The van der Waals surface area contributed by atoms with E-state index in [9.17, 15) is 4.79 Å². The zero-order valence-electron chi connectivity index (χ0n) is 12.0. The predicted octanol–water partition coefficient (Wildman–Crippen LogP) is 2.62. The van der Waals surface area contributed by atoms with Crippen molar-refractivity contribution in [1.82, 2.24) is 9.88 Å². The van der Waals surface area contributed by atoms with Crippen molar-refractivity contribution in [2.75, 3.05) is 20.7 Å². The third-order valence-electron chi connectivity index (χ3n) is 3.27. The molecule has 106 valence electrons. The largest absolute Gasteiger partial charge is 0.469 e. The second-order valence-electron chi connectivity index (χ2n) is 4.95. The van der Waals surface area contributed by atoms with Crippen LogP contribution in [0.3, 0.4) is 0 Å². The predicted molar refractivity (Wildman–Crippen MR) is 79.3 cm³/mol.